The first-order chi connectivity index (χ1) is 5.74. The predicted molar refractivity (Wildman–Crippen MR) is 60.7 cm³/mol. The Bertz CT molecular complexity index is 175. The zero-order valence-corrected chi connectivity index (χ0v) is 9.60. The average Bonchev–Trinajstić information content (AvgIpc) is 2.06. The van der Waals surface area contributed by atoms with E-state index in [9.17, 15) is 0 Å². The first kappa shape index (κ1) is 9.98. The van der Waals surface area contributed by atoms with Crippen molar-refractivity contribution in [2.24, 2.45) is 5.10 Å². The van der Waals surface area contributed by atoms with E-state index in [1.165, 1.54) is 0 Å². The Hall–Kier alpha value is -0.100. The number of likely N-dealkylation sites (N-methyl/N-ethyl adjacent to an activating group) is 1. The quantitative estimate of drug-likeness (QED) is 0.570. The summed E-state index contributed by atoms with van der Waals surface area (Å²) < 4.78 is 1.10. The SMILES string of the molecule is CN(C)C1C=CN(CCI)N=C1. The molecule has 3 nitrogen and oxygen atoms in total. The minimum Gasteiger partial charge on any atom is -0.298 e. The Balaban J connectivity index is 2.43. The zero-order chi connectivity index (χ0) is 8.97. The molecule has 0 aliphatic carbocycles. The number of hydrogen-bond donors (Lipinski definition) is 0. The van der Waals surface area contributed by atoms with Crippen molar-refractivity contribution in [2.75, 3.05) is 25.1 Å². The van der Waals surface area contributed by atoms with Crippen LogP contribution in [-0.2, 0) is 0 Å². The molecule has 1 aliphatic rings. The summed E-state index contributed by atoms with van der Waals surface area (Å²) in [6.07, 6.45) is 6.16. The van der Waals surface area contributed by atoms with Crippen molar-refractivity contribution in [1.29, 1.82) is 0 Å². The molecular formula is C8H14IN3. The Kier molecular flexibility index (Phi) is 4.00. The van der Waals surface area contributed by atoms with E-state index < -0.39 is 0 Å². The van der Waals surface area contributed by atoms with Gasteiger partial charge in [-0.25, -0.2) is 0 Å². The molecular weight excluding hydrogens is 265 g/mol. The minimum atomic E-state index is 0.357. The molecule has 1 unspecified atom stereocenters. The summed E-state index contributed by atoms with van der Waals surface area (Å²) in [6.45, 7) is 0.994. The van der Waals surface area contributed by atoms with E-state index >= 15 is 0 Å². The summed E-state index contributed by atoms with van der Waals surface area (Å²) in [5, 5.41) is 6.26. The van der Waals surface area contributed by atoms with Gasteiger partial charge in [-0.3, -0.25) is 9.91 Å². The molecule has 0 aromatic carbocycles. The second kappa shape index (κ2) is 4.81. The molecule has 0 spiro atoms. The van der Waals surface area contributed by atoms with Gasteiger partial charge in [-0.2, -0.15) is 5.10 Å². The van der Waals surface area contributed by atoms with E-state index in [0.717, 1.165) is 11.0 Å². The molecule has 1 rings (SSSR count). The summed E-state index contributed by atoms with van der Waals surface area (Å²) in [7, 11) is 4.10. The summed E-state index contributed by atoms with van der Waals surface area (Å²) >= 11 is 2.35. The molecule has 0 fully saturated rings. The van der Waals surface area contributed by atoms with Crippen molar-refractivity contribution in [2.45, 2.75) is 6.04 Å². The van der Waals surface area contributed by atoms with Gasteiger partial charge in [0, 0.05) is 23.4 Å². The lowest BCUT2D eigenvalue weighted by molar-refractivity contribution is 0.370. The van der Waals surface area contributed by atoms with Crippen molar-refractivity contribution in [3.63, 3.8) is 0 Å². The molecule has 1 heterocycles. The van der Waals surface area contributed by atoms with Gasteiger partial charge >= 0.3 is 0 Å². The third kappa shape index (κ3) is 2.75. The largest absolute Gasteiger partial charge is 0.298 e. The fraction of sp³-hybridized carbons (Fsp3) is 0.625. The number of nitrogens with zero attached hydrogens (tertiary/aromatic N) is 3. The maximum Gasteiger partial charge on any atom is 0.0666 e. The molecule has 0 aromatic rings. The molecule has 1 atom stereocenters. The fourth-order valence-corrected chi connectivity index (χ4v) is 1.45. The van der Waals surface area contributed by atoms with Gasteiger partial charge in [0.15, 0.2) is 0 Å². The van der Waals surface area contributed by atoms with Crippen LogP contribution in [0.25, 0.3) is 0 Å². The van der Waals surface area contributed by atoms with E-state index in [2.05, 4.69) is 52.8 Å². The summed E-state index contributed by atoms with van der Waals surface area (Å²) in [4.78, 5) is 2.13. The van der Waals surface area contributed by atoms with E-state index in [1.54, 1.807) is 0 Å². The van der Waals surface area contributed by atoms with Crippen molar-refractivity contribution in [1.82, 2.24) is 9.91 Å². The Morgan fingerprint density at radius 1 is 1.58 bits per heavy atom. The number of halogens is 1. The van der Waals surface area contributed by atoms with Crippen molar-refractivity contribution in [3.8, 4) is 0 Å². The molecule has 68 valence electrons. The van der Waals surface area contributed by atoms with Crippen molar-refractivity contribution in [3.05, 3.63) is 12.3 Å². The van der Waals surface area contributed by atoms with Crippen molar-refractivity contribution >= 4 is 28.8 Å². The molecule has 4 heteroatoms. The number of hydrazone groups is 1. The molecule has 1 aliphatic heterocycles. The lowest BCUT2D eigenvalue weighted by Gasteiger charge is -2.23. The molecule has 0 saturated carbocycles. The van der Waals surface area contributed by atoms with Gasteiger partial charge < -0.3 is 0 Å². The summed E-state index contributed by atoms with van der Waals surface area (Å²) in [5.74, 6) is 0. The topological polar surface area (TPSA) is 18.8 Å². The molecule has 0 amide bonds. The molecule has 0 aromatic heterocycles. The summed E-state index contributed by atoms with van der Waals surface area (Å²) in [6, 6.07) is 0.357. The van der Waals surface area contributed by atoms with Crippen LogP contribution in [-0.4, -0.2) is 47.2 Å². The van der Waals surface area contributed by atoms with Crippen LogP contribution in [0.15, 0.2) is 17.4 Å². The smallest absolute Gasteiger partial charge is 0.0666 e. The lowest BCUT2D eigenvalue weighted by atomic mass is 10.3. The maximum absolute atomic E-state index is 4.30. The Labute approximate surface area is 87.2 Å². The van der Waals surface area contributed by atoms with Gasteiger partial charge in [-0.1, -0.05) is 22.6 Å². The van der Waals surface area contributed by atoms with Gasteiger partial charge in [0.2, 0.25) is 0 Å². The normalized spacial score (nSPS) is 22.3. The van der Waals surface area contributed by atoms with Crippen LogP contribution in [0.4, 0.5) is 0 Å². The zero-order valence-electron chi connectivity index (χ0n) is 7.44. The standard InChI is InChI=1S/C8H14IN3/c1-11(2)8-3-5-12(6-4-9)10-7-8/h3,5,7-8H,4,6H2,1-2H3. The van der Waals surface area contributed by atoms with Gasteiger partial charge in [0.25, 0.3) is 0 Å². The number of hydrogen-bond acceptors (Lipinski definition) is 3. The van der Waals surface area contributed by atoms with Crippen LogP contribution >= 0.6 is 22.6 Å². The van der Waals surface area contributed by atoms with Crippen LogP contribution in [0, 0.1) is 0 Å². The highest BCUT2D eigenvalue weighted by Crippen LogP contribution is 2.03. The number of rotatable bonds is 3. The predicted octanol–water partition coefficient (Wildman–Crippen LogP) is 1.17. The van der Waals surface area contributed by atoms with Gasteiger partial charge in [-0.05, 0) is 20.2 Å². The molecule has 12 heavy (non-hydrogen) atoms. The van der Waals surface area contributed by atoms with Crippen LogP contribution in [0.2, 0.25) is 0 Å². The maximum atomic E-state index is 4.30. The third-order valence-electron chi connectivity index (χ3n) is 1.73. The van der Waals surface area contributed by atoms with E-state index in [0.29, 0.717) is 6.04 Å². The van der Waals surface area contributed by atoms with Crippen LogP contribution in [0.5, 0.6) is 0 Å². The first-order valence-corrected chi connectivity index (χ1v) is 5.48. The van der Waals surface area contributed by atoms with Gasteiger partial charge in [-0.15, -0.1) is 0 Å². The van der Waals surface area contributed by atoms with Gasteiger partial charge in [0.1, 0.15) is 0 Å². The third-order valence-corrected chi connectivity index (χ3v) is 2.22. The van der Waals surface area contributed by atoms with E-state index in [-0.39, 0.29) is 0 Å². The monoisotopic (exact) mass is 279 g/mol. The van der Waals surface area contributed by atoms with E-state index in [1.807, 2.05) is 17.4 Å². The molecule has 0 radical (unpaired) electrons. The molecule has 0 saturated heterocycles. The summed E-state index contributed by atoms with van der Waals surface area (Å²) in [5.41, 5.74) is 0. The molecule has 0 N–H and O–H groups in total. The molecule has 0 bridgehead atoms. The van der Waals surface area contributed by atoms with Crippen LogP contribution in [0.1, 0.15) is 0 Å². The first-order valence-electron chi connectivity index (χ1n) is 3.95. The Morgan fingerprint density at radius 2 is 2.33 bits per heavy atom. The van der Waals surface area contributed by atoms with E-state index in [4.69, 9.17) is 0 Å². The van der Waals surface area contributed by atoms with Crippen molar-refractivity contribution < 1.29 is 0 Å². The average molecular weight is 279 g/mol. The number of alkyl halides is 1. The van der Waals surface area contributed by atoms with Crippen LogP contribution < -0.4 is 0 Å². The highest BCUT2D eigenvalue weighted by Gasteiger charge is 2.08. The second-order valence-corrected chi connectivity index (χ2v) is 3.99. The fourth-order valence-electron chi connectivity index (χ4n) is 0.954. The minimum absolute atomic E-state index is 0.357. The second-order valence-electron chi connectivity index (χ2n) is 2.91. The van der Waals surface area contributed by atoms with Gasteiger partial charge in [0.05, 0.1) is 6.04 Å². The van der Waals surface area contributed by atoms with Crippen LogP contribution in [0.3, 0.4) is 0 Å². The highest BCUT2D eigenvalue weighted by atomic mass is 127. The highest BCUT2D eigenvalue weighted by molar-refractivity contribution is 14.1. The Morgan fingerprint density at radius 3 is 2.75 bits per heavy atom. The lowest BCUT2D eigenvalue weighted by Crippen LogP contribution is -2.31.